The van der Waals surface area contributed by atoms with E-state index in [9.17, 15) is 4.79 Å². The van der Waals surface area contributed by atoms with Gasteiger partial charge in [-0.3, -0.25) is 4.79 Å². The third-order valence-electron chi connectivity index (χ3n) is 2.80. The Bertz CT molecular complexity index is 456. The molecule has 0 saturated heterocycles. The Morgan fingerprint density at radius 3 is 2.94 bits per heavy atom. The van der Waals surface area contributed by atoms with Crippen LogP contribution in [0.1, 0.15) is 30.7 Å². The second kappa shape index (κ2) is 7.20. The third-order valence-corrected chi connectivity index (χ3v) is 3.69. The predicted octanol–water partition coefficient (Wildman–Crippen LogP) is 2.06. The molecule has 0 saturated carbocycles. The molecule has 1 heterocycles. The zero-order valence-corrected chi connectivity index (χ0v) is 12.0. The number of nitrogens with two attached hydrogens (primary N) is 1. The van der Waals surface area contributed by atoms with Gasteiger partial charge in [0.2, 0.25) is 5.91 Å². The van der Waals surface area contributed by atoms with E-state index in [-0.39, 0.29) is 11.8 Å². The van der Waals surface area contributed by atoms with Gasteiger partial charge >= 0.3 is 0 Å². The lowest BCUT2D eigenvalue weighted by molar-refractivity contribution is -0.134. The summed E-state index contributed by atoms with van der Waals surface area (Å²) in [5.41, 5.74) is 6.46. The summed E-state index contributed by atoms with van der Waals surface area (Å²) in [7, 11) is 1.84. The molecule has 0 spiro atoms. The van der Waals surface area contributed by atoms with Crippen LogP contribution in [0.15, 0.2) is 11.4 Å². The van der Waals surface area contributed by atoms with Crippen LogP contribution in [0.4, 0.5) is 0 Å². The second-order valence-corrected chi connectivity index (χ2v) is 5.24. The smallest absolute Gasteiger partial charge is 0.225 e. The summed E-state index contributed by atoms with van der Waals surface area (Å²) in [4.78, 5) is 14.7. The van der Waals surface area contributed by atoms with Gasteiger partial charge in [-0.1, -0.05) is 25.7 Å². The van der Waals surface area contributed by atoms with Crippen molar-refractivity contribution in [3.05, 3.63) is 21.9 Å². The molecule has 0 aliphatic carbocycles. The van der Waals surface area contributed by atoms with E-state index in [4.69, 9.17) is 5.73 Å². The number of nitrogens with zero attached hydrogens (tertiary/aromatic N) is 1. The minimum absolute atomic E-state index is 0.0881. The highest BCUT2D eigenvalue weighted by Gasteiger charge is 2.15. The first kappa shape index (κ1) is 14.7. The summed E-state index contributed by atoms with van der Waals surface area (Å²) in [5, 5.41) is 2.04. The average Bonchev–Trinajstić information content (AvgIpc) is 2.81. The molecular weight excluding hydrogens is 244 g/mol. The van der Waals surface area contributed by atoms with Crippen LogP contribution in [0.5, 0.6) is 0 Å². The van der Waals surface area contributed by atoms with Crippen LogP contribution >= 0.6 is 11.3 Å². The van der Waals surface area contributed by atoms with Gasteiger partial charge in [0.05, 0.1) is 11.4 Å². The van der Waals surface area contributed by atoms with Gasteiger partial charge in [0.1, 0.15) is 0 Å². The van der Waals surface area contributed by atoms with E-state index in [0.717, 1.165) is 16.9 Å². The van der Waals surface area contributed by atoms with Gasteiger partial charge < -0.3 is 10.6 Å². The van der Waals surface area contributed by atoms with Gasteiger partial charge in [0.25, 0.3) is 0 Å². The van der Waals surface area contributed by atoms with E-state index in [2.05, 4.69) is 11.8 Å². The molecule has 1 amide bonds. The molecule has 0 aromatic carbocycles. The number of carbonyl (C=O) groups excluding carboxylic acids is 1. The fraction of sp³-hybridized carbons (Fsp3) is 0.500. The lowest BCUT2D eigenvalue weighted by atomic mass is 10.1. The zero-order chi connectivity index (χ0) is 13.5. The molecule has 0 fully saturated rings. The second-order valence-electron chi connectivity index (χ2n) is 4.33. The number of carbonyl (C=O) groups is 1. The molecule has 0 bridgehead atoms. The quantitative estimate of drug-likeness (QED) is 0.846. The molecule has 2 N–H and O–H groups in total. The van der Waals surface area contributed by atoms with Crippen LogP contribution in [0.25, 0.3) is 0 Å². The van der Waals surface area contributed by atoms with E-state index in [1.54, 1.807) is 16.2 Å². The van der Waals surface area contributed by atoms with Crippen molar-refractivity contribution in [2.24, 2.45) is 11.7 Å². The molecule has 1 atom stereocenters. The number of thiophene rings is 1. The average molecular weight is 264 g/mol. The van der Waals surface area contributed by atoms with E-state index in [0.29, 0.717) is 13.1 Å². The van der Waals surface area contributed by atoms with Crippen molar-refractivity contribution in [2.45, 2.75) is 26.8 Å². The molecule has 1 aromatic heterocycles. The SMILES string of the molecule is CCC(C)C(=O)N(C)Cc1csc(C#CCN)c1. The molecule has 1 aromatic rings. The van der Waals surface area contributed by atoms with Gasteiger partial charge in [-0.2, -0.15) is 0 Å². The lowest BCUT2D eigenvalue weighted by Gasteiger charge is -2.20. The monoisotopic (exact) mass is 264 g/mol. The van der Waals surface area contributed by atoms with Crippen LogP contribution in [-0.4, -0.2) is 24.4 Å². The molecule has 4 heteroatoms. The number of hydrogen-bond donors (Lipinski definition) is 1. The number of rotatable bonds is 4. The van der Waals surface area contributed by atoms with Gasteiger partial charge in [-0.05, 0) is 23.4 Å². The Kier molecular flexibility index (Phi) is 5.90. The summed E-state index contributed by atoms with van der Waals surface area (Å²) in [6.45, 7) is 5.01. The Morgan fingerprint density at radius 1 is 1.61 bits per heavy atom. The maximum absolute atomic E-state index is 11.9. The van der Waals surface area contributed by atoms with E-state index < -0.39 is 0 Å². The maximum atomic E-state index is 11.9. The van der Waals surface area contributed by atoms with Crippen molar-refractivity contribution in [3.8, 4) is 11.8 Å². The fourth-order valence-corrected chi connectivity index (χ4v) is 2.34. The minimum atomic E-state index is 0.0881. The van der Waals surface area contributed by atoms with E-state index in [1.165, 1.54) is 0 Å². The van der Waals surface area contributed by atoms with Gasteiger partial charge in [0.15, 0.2) is 0 Å². The number of amides is 1. The maximum Gasteiger partial charge on any atom is 0.225 e. The zero-order valence-electron chi connectivity index (χ0n) is 11.2. The molecule has 0 aliphatic rings. The normalized spacial score (nSPS) is 11.6. The van der Waals surface area contributed by atoms with Crippen molar-refractivity contribution >= 4 is 17.2 Å². The molecule has 3 nitrogen and oxygen atoms in total. The Labute approximate surface area is 113 Å². The molecule has 1 rings (SSSR count). The molecule has 18 heavy (non-hydrogen) atoms. The molecule has 1 unspecified atom stereocenters. The van der Waals surface area contributed by atoms with Crippen LogP contribution in [-0.2, 0) is 11.3 Å². The van der Waals surface area contributed by atoms with Crippen molar-refractivity contribution in [1.82, 2.24) is 4.90 Å². The van der Waals surface area contributed by atoms with Gasteiger partial charge in [-0.25, -0.2) is 0 Å². The van der Waals surface area contributed by atoms with E-state index in [1.807, 2.05) is 32.3 Å². The summed E-state index contributed by atoms with van der Waals surface area (Å²) >= 11 is 1.59. The minimum Gasteiger partial charge on any atom is -0.341 e. The van der Waals surface area contributed by atoms with Crippen molar-refractivity contribution in [2.75, 3.05) is 13.6 Å². The van der Waals surface area contributed by atoms with Crippen LogP contribution < -0.4 is 5.73 Å². The number of hydrogen-bond acceptors (Lipinski definition) is 3. The lowest BCUT2D eigenvalue weighted by Crippen LogP contribution is -2.30. The van der Waals surface area contributed by atoms with Gasteiger partial charge in [0, 0.05) is 19.5 Å². The molecular formula is C14H20N2OS. The highest BCUT2D eigenvalue weighted by atomic mass is 32.1. The molecule has 98 valence electrons. The molecule has 0 aliphatic heterocycles. The van der Waals surface area contributed by atoms with Crippen molar-refractivity contribution in [1.29, 1.82) is 0 Å². The topological polar surface area (TPSA) is 46.3 Å². The summed E-state index contributed by atoms with van der Waals surface area (Å²) in [6.07, 6.45) is 0.875. The standard InChI is InChI=1S/C14H20N2OS/c1-4-11(2)14(17)16(3)9-12-8-13(18-10-12)6-5-7-15/h8,10-11H,4,7,9,15H2,1-3H3. The summed E-state index contributed by atoms with van der Waals surface area (Å²) in [5.74, 6) is 6.11. The molecule has 0 radical (unpaired) electrons. The van der Waals surface area contributed by atoms with Crippen molar-refractivity contribution < 1.29 is 4.79 Å². The largest absolute Gasteiger partial charge is 0.341 e. The van der Waals surface area contributed by atoms with Gasteiger partial charge in [-0.15, -0.1) is 11.3 Å². The summed E-state index contributed by atoms with van der Waals surface area (Å²) in [6, 6.07) is 2.02. The Morgan fingerprint density at radius 2 is 2.33 bits per heavy atom. The Hall–Kier alpha value is -1.31. The Balaban J connectivity index is 2.62. The highest BCUT2D eigenvalue weighted by molar-refractivity contribution is 7.10. The van der Waals surface area contributed by atoms with Crippen LogP contribution in [0.2, 0.25) is 0 Å². The van der Waals surface area contributed by atoms with Crippen molar-refractivity contribution in [3.63, 3.8) is 0 Å². The van der Waals surface area contributed by atoms with Crippen LogP contribution in [0, 0.1) is 17.8 Å². The first-order valence-electron chi connectivity index (χ1n) is 6.09. The predicted molar refractivity (Wildman–Crippen MR) is 76.2 cm³/mol. The highest BCUT2D eigenvalue weighted by Crippen LogP contribution is 2.16. The summed E-state index contributed by atoms with van der Waals surface area (Å²) < 4.78 is 0. The van der Waals surface area contributed by atoms with Crippen LogP contribution in [0.3, 0.4) is 0 Å². The van der Waals surface area contributed by atoms with E-state index >= 15 is 0 Å². The third kappa shape index (κ3) is 4.17. The fourth-order valence-electron chi connectivity index (χ4n) is 1.56. The first-order chi connectivity index (χ1) is 8.58. The first-order valence-corrected chi connectivity index (χ1v) is 6.97.